The van der Waals surface area contributed by atoms with Crippen molar-refractivity contribution in [1.29, 1.82) is 0 Å². The molecule has 1 amide bonds. The SMILES string of the molecule is COc1ccc(C=C2SC(=S)N(CC(=O)OCCN(C)C)C2=O)cc1.Cl. The Kier molecular flexibility index (Phi) is 9.07. The van der Waals surface area contributed by atoms with Crippen LogP contribution in [0, 0.1) is 0 Å². The third-order valence-corrected chi connectivity index (χ3v) is 4.75. The van der Waals surface area contributed by atoms with E-state index < -0.39 is 5.97 Å². The number of thioether (sulfide) groups is 1. The highest BCUT2D eigenvalue weighted by Gasteiger charge is 2.33. The molecular formula is C17H21ClN2O4S2. The van der Waals surface area contributed by atoms with Crippen LogP contribution in [-0.2, 0) is 14.3 Å². The normalized spacial score (nSPS) is 15.4. The second-order valence-corrected chi connectivity index (χ2v) is 7.24. The molecule has 0 atom stereocenters. The summed E-state index contributed by atoms with van der Waals surface area (Å²) < 4.78 is 10.6. The predicted octanol–water partition coefficient (Wildman–Crippen LogP) is 2.42. The van der Waals surface area contributed by atoms with Crippen LogP contribution in [-0.4, -0.2) is 66.9 Å². The summed E-state index contributed by atoms with van der Waals surface area (Å²) in [6.45, 7) is 0.738. The van der Waals surface area contributed by atoms with E-state index in [9.17, 15) is 9.59 Å². The van der Waals surface area contributed by atoms with Crippen molar-refractivity contribution in [1.82, 2.24) is 9.80 Å². The topological polar surface area (TPSA) is 59.1 Å². The van der Waals surface area contributed by atoms with Crippen molar-refractivity contribution in [3.63, 3.8) is 0 Å². The number of thiocarbonyl (C=S) groups is 1. The lowest BCUT2D eigenvalue weighted by Gasteiger charge is -2.14. The van der Waals surface area contributed by atoms with Crippen molar-refractivity contribution in [3.8, 4) is 5.75 Å². The lowest BCUT2D eigenvalue weighted by Crippen LogP contribution is -2.35. The zero-order valence-corrected chi connectivity index (χ0v) is 17.2. The molecule has 0 unspecified atom stereocenters. The summed E-state index contributed by atoms with van der Waals surface area (Å²) in [6, 6.07) is 7.32. The zero-order chi connectivity index (χ0) is 18.4. The number of likely N-dealkylation sites (N-methyl/N-ethyl adjacent to an activating group) is 1. The zero-order valence-electron chi connectivity index (χ0n) is 14.8. The quantitative estimate of drug-likeness (QED) is 0.384. The van der Waals surface area contributed by atoms with Crippen molar-refractivity contribution in [2.45, 2.75) is 0 Å². The third-order valence-electron chi connectivity index (χ3n) is 3.38. The van der Waals surface area contributed by atoms with E-state index in [4.69, 9.17) is 21.7 Å². The van der Waals surface area contributed by atoms with Gasteiger partial charge in [-0.2, -0.15) is 0 Å². The molecule has 1 aromatic rings. The molecule has 1 aromatic carbocycles. The fourth-order valence-corrected chi connectivity index (χ4v) is 3.26. The van der Waals surface area contributed by atoms with E-state index in [0.29, 0.717) is 15.8 Å². The largest absolute Gasteiger partial charge is 0.497 e. The first-order valence-corrected chi connectivity index (χ1v) is 8.83. The van der Waals surface area contributed by atoms with Crippen molar-refractivity contribution in [2.75, 3.05) is 40.9 Å². The summed E-state index contributed by atoms with van der Waals surface area (Å²) in [4.78, 5) is 28.0. The number of benzene rings is 1. The first kappa shape index (κ1) is 22.4. The Morgan fingerprint density at radius 1 is 1.31 bits per heavy atom. The number of rotatable bonds is 7. The number of nitrogens with zero attached hydrogens (tertiary/aromatic N) is 2. The summed E-state index contributed by atoms with van der Waals surface area (Å²) in [7, 11) is 5.37. The minimum Gasteiger partial charge on any atom is -0.497 e. The number of esters is 1. The maximum atomic E-state index is 12.5. The van der Waals surface area contributed by atoms with E-state index in [2.05, 4.69) is 0 Å². The Morgan fingerprint density at radius 2 is 1.96 bits per heavy atom. The lowest BCUT2D eigenvalue weighted by atomic mass is 10.2. The smallest absolute Gasteiger partial charge is 0.326 e. The maximum Gasteiger partial charge on any atom is 0.326 e. The molecule has 0 bridgehead atoms. The molecule has 2 rings (SSSR count). The van der Waals surface area contributed by atoms with Gasteiger partial charge in [0.2, 0.25) is 0 Å². The summed E-state index contributed by atoms with van der Waals surface area (Å²) in [6.07, 6.45) is 1.75. The van der Waals surface area contributed by atoms with Gasteiger partial charge in [0.25, 0.3) is 5.91 Å². The van der Waals surface area contributed by atoms with E-state index in [1.54, 1.807) is 13.2 Å². The predicted molar refractivity (Wildman–Crippen MR) is 110 cm³/mol. The minimum absolute atomic E-state index is 0. The fraction of sp³-hybridized carbons (Fsp3) is 0.353. The molecule has 1 aliphatic heterocycles. The van der Waals surface area contributed by atoms with Crippen LogP contribution in [0.5, 0.6) is 5.75 Å². The number of halogens is 1. The van der Waals surface area contributed by atoms with E-state index in [1.807, 2.05) is 43.3 Å². The molecule has 0 aliphatic carbocycles. The van der Waals surface area contributed by atoms with Gasteiger partial charge in [-0.05, 0) is 37.9 Å². The molecule has 1 fully saturated rings. The third kappa shape index (κ3) is 6.28. The standard InChI is InChI=1S/C17H20N2O4S2.ClH/c1-18(2)8-9-23-15(20)11-19-16(21)14(25-17(19)24)10-12-4-6-13(22-3)7-5-12;/h4-7,10H,8-9,11H2,1-3H3;1H. The molecule has 6 nitrogen and oxygen atoms in total. The first-order valence-electron chi connectivity index (χ1n) is 7.60. The minimum atomic E-state index is -0.469. The van der Waals surface area contributed by atoms with Crippen molar-refractivity contribution < 1.29 is 19.1 Å². The molecular weight excluding hydrogens is 396 g/mol. The van der Waals surface area contributed by atoms with Crippen LogP contribution in [0.4, 0.5) is 0 Å². The average molecular weight is 417 g/mol. The Morgan fingerprint density at radius 3 is 2.54 bits per heavy atom. The highest BCUT2D eigenvalue weighted by atomic mass is 35.5. The van der Waals surface area contributed by atoms with Crippen LogP contribution in [0.25, 0.3) is 6.08 Å². The van der Waals surface area contributed by atoms with Crippen molar-refractivity contribution in [2.24, 2.45) is 0 Å². The van der Waals surface area contributed by atoms with E-state index in [-0.39, 0.29) is 31.5 Å². The number of carbonyl (C=O) groups excluding carboxylic acids is 2. The van der Waals surface area contributed by atoms with Crippen LogP contribution < -0.4 is 4.74 Å². The molecule has 0 N–H and O–H groups in total. The van der Waals surface area contributed by atoms with Crippen LogP contribution in [0.15, 0.2) is 29.2 Å². The van der Waals surface area contributed by atoms with E-state index in [1.165, 1.54) is 16.7 Å². The highest BCUT2D eigenvalue weighted by Crippen LogP contribution is 2.32. The first-order chi connectivity index (χ1) is 11.9. The van der Waals surface area contributed by atoms with Crippen molar-refractivity contribution in [3.05, 3.63) is 34.7 Å². The van der Waals surface area contributed by atoms with Gasteiger partial charge in [0.15, 0.2) is 0 Å². The van der Waals surface area contributed by atoms with Gasteiger partial charge in [-0.1, -0.05) is 36.1 Å². The van der Waals surface area contributed by atoms with Crippen molar-refractivity contribution >= 4 is 58.7 Å². The number of methoxy groups -OCH3 is 1. The van der Waals surface area contributed by atoms with Gasteiger partial charge in [0.05, 0.1) is 12.0 Å². The number of hydrogen-bond donors (Lipinski definition) is 0. The Hall–Kier alpha value is -1.61. The molecule has 0 aromatic heterocycles. The summed E-state index contributed by atoms with van der Waals surface area (Å²) in [5, 5.41) is 0. The average Bonchev–Trinajstić information content (AvgIpc) is 2.83. The second-order valence-electron chi connectivity index (χ2n) is 5.56. The van der Waals surface area contributed by atoms with Crippen LogP contribution in [0.2, 0.25) is 0 Å². The molecule has 1 saturated heterocycles. The van der Waals surface area contributed by atoms with Gasteiger partial charge in [-0.15, -0.1) is 12.4 Å². The summed E-state index contributed by atoms with van der Waals surface area (Å²) in [5.41, 5.74) is 0.856. The van der Waals surface area contributed by atoms with Gasteiger partial charge in [0.1, 0.15) is 23.2 Å². The number of hydrogen-bond acceptors (Lipinski definition) is 7. The number of ether oxygens (including phenoxy) is 2. The Bertz CT molecular complexity index is 693. The lowest BCUT2D eigenvalue weighted by molar-refractivity contribution is -0.146. The van der Waals surface area contributed by atoms with Crippen LogP contribution in [0.3, 0.4) is 0 Å². The molecule has 1 aliphatic rings. The van der Waals surface area contributed by atoms with Gasteiger partial charge < -0.3 is 14.4 Å². The molecule has 9 heteroatoms. The van der Waals surface area contributed by atoms with Gasteiger partial charge >= 0.3 is 5.97 Å². The van der Waals surface area contributed by atoms with E-state index >= 15 is 0 Å². The fourth-order valence-electron chi connectivity index (χ4n) is 2.00. The Balaban J connectivity index is 0.00000338. The van der Waals surface area contributed by atoms with Crippen LogP contribution in [0.1, 0.15) is 5.56 Å². The monoisotopic (exact) mass is 416 g/mol. The molecule has 0 spiro atoms. The van der Waals surface area contributed by atoms with Gasteiger partial charge in [-0.25, -0.2) is 0 Å². The molecule has 26 heavy (non-hydrogen) atoms. The van der Waals surface area contributed by atoms with E-state index in [0.717, 1.165) is 11.3 Å². The molecule has 0 radical (unpaired) electrons. The highest BCUT2D eigenvalue weighted by molar-refractivity contribution is 8.26. The summed E-state index contributed by atoms with van der Waals surface area (Å²) in [5.74, 6) is -0.00982. The maximum absolute atomic E-state index is 12.5. The van der Waals surface area contributed by atoms with Gasteiger partial charge in [-0.3, -0.25) is 14.5 Å². The molecule has 1 heterocycles. The van der Waals surface area contributed by atoms with Crippen LogP contribution >= 0.6 is 36.4 Å². The second kappa shape index (κ2) is 10.5. The van der Waals surface area contributed by atoms with Gasteiger partial charge in [0, 0.05) is 6.54 Å². The molecule has 142 valence electrons. The summed E-state index contributed by atoms with van der Waals surface area (Å²) >= 11 is 6.39. The Labute approximate surface area is 168 Å². The molecule has 0 saturated carbocycles. The number of carbonyl (C=O) groups is 2. The number of amides is 1.